The Labute approximate surface area is 151 Å². The molecule has 26 heavy (non-hydrogen) atoms. The van der Waals surface area contributed by atoms with Crippen molar-refractivity contribution in [2.75, 3.05) is 25.5 Å². The standard InChI is InChI=1S/C19H20N4O3/c1-21(2)13-15-9-11-22(19-17(18(15)24)4-3-10-20-19)12-14-5-7-16(8-6-14)23(25)26/h3-8,10,13H,9,11-12H2,1-2H3. The molecule has 0 radical (unpaired) electrons. The number of ketones is 1. The van der Waals surface area contributed by atoms with Crippen molar-refractivity contribution >= 4 is 17.3 Å². The van der Waals surface area contributed by atoms with E-state index >= 15 is 0 Å². The molecule has 3 rings (SSSR count). The van der Waals surface area contributed by atoms with Crippen LogP contribution in [0.2, 0.25) is 0 Å². The number of anilines is 1. The maximum absolute atomic E-state index is 12.9. The lowest BCUT2D eigenvalue weighted by Gasteiger charge is -2.23. The number of aromatic nitrogens is 1. The molecule has 1 aliphatic rings. The molecule has 2 aromatic rings. The minimum atomic E-state index is -0.413. The Morgan fingerprint density at radius 3 is 2.65 bits per heavy atom. The smallest absolute Gasteiger partial charge is 0.269 e. The van der Waals surface area contributed by atoms with Crippen LogP contribution in [0.25, 0.3) is 0 Å². The van der Waals surface area contributed by atoms with E-state index in [0.29, 0.717) is 30.9 Å². The van der Waals surface area contributed by atoms with Crippen LogP contribution in [-0.4, -0.2) is 41.2 Å². The number of non-ortho nitro benzene ring substituents is 1. The molecule has 1 aromatic heterocycles. The molecule has 2 heterocycles. The summed E-state index contributed by atoms with van der Waals surface area (Å²) in [5.41, 5.74) is 2.32. The number of Topliss-reactive ketones (excluding diaryl/α,β-unsaturated/α-hetero) is 1. The Morgan fingerprint density at radius 2 is 2.00 bits per heavy atom. The molecule has 0 N–H and O–H groups in total. The molecule has 7 heteroatoms. The van der Waals surface area contributed by atoms with Gasteiger partial charge in [0.05, 0.1) is 10.5 Å². The van der Waals surface area contributed by atoms with E-state index in [9.17, 15) is 14.9 Å². The van der Waals surface area contributed by atoms with Gasteiger partial charge in [-0.3, -0.25) is 14.9 Å². The van der Waals surface area contributed by atoms with Crippen LogP contribution >= 0.6 is 0 Å². The zero-order chi connectivity index (χ0) is 18.7. The van der Waals surface area contributed by atoms with Crippen molar-refractivity contribution in [2.45, 2.75) is 13.0 Å². The Hall–Kier alpha value is -3.22. The maximum atomic E-state index is 12.9. The number of fused-ring (bicyclic) bond motifs is 1. The van der Waals surface area contributed by atoms with Crippen molar-refractivity contribution in [3.63, 3.8) is 0 Å². The first-order chi connectivity index (χ1) is 12.5. The van der Waals surface area contributed by atoms with Crippen LogP contribution < -0.4 is 4.90 Å². The van der Waals surface area contributed by atoms with E-state index in [1.165, 1.54) is 12.1 Å². The largest absolute Gasteiger partial charge is 0.383 e. The maximum Gasteiger partial charge on any atom is 0.269 e. The van der Waals surface area contributed by atoms with Gasteiger partial charge in [-0.1, -0.05) is 12.1 Å². The van der Waals surface area contributed by atoms with Crippen LogP contribution in [0.15, 0.2) is 54.4 Å². The van der Waals surface area contributed by atoms with E-state index in [4.69, 9.17) is 0 Å². The molecular weight excluding hydrogens is 332 g/mol. The number of nitrogens with zero attached hydrogens (tertiary/aromatic N) is 4. The highest BCUT2D eigenvalue weighted by atomic mass is 16.6. The van der Waals surface area contributed by atoms with Gasteiger partial charge < -0.3 is 9.80 Å². The molecule has 134 valence electrons. The number of rotatable bonds is 4. The highest BCUT2D eigenvalue weighted by Gasteiger charge is 2.25. The van der Waals surface area contributed by atoms with E-state index in [0.717, 1.165) is 11.1 Å². The van der Waals surface area contributed by atoms with Crippen LogP contribution in [0.5, 0.6) is 0 Å². The summed E-state index contributed by atoms with van der Waals surface area (Å²) in [7, 11) is 3.79. The van der Waals surface area contributed by atoms with Gasteiger partial charge in [0, 0.05) is 57.3 Å². The number of hydrogen-bond acceptors (Lipinski definition) is 6. The topological polar surface area (TPSA) is 79.6 Å². The van der Waals surface area contributed by atoms with Gasteiger partial charge in [0.2, 0.25) is 0 Å². The lowest BCUT2D eigenvalue weighted by atomic mass is 10.0. The molecule has 0 fully saturated rings. The van der Waals surface area contributed by atoms with Crippen molar-refractivity contribution in [3.8, 4) is 0 Å². The molecular formula is C19H20N4O3. The molecule has 0 saturated carbocycles. The minimum absolute atomic E-state index is 0.00648. The summed E-state index contributed by atoms with van der Waals surface area (Å²) in [5.74, 6) is 0.644. The molecule has 0 unspecified atom stereocenters. The number of hydrogen-bond donors (Lipinski definition) is 0. The summed E-state index contributed by atoms with van der Waals surface area (Å²) in [5, 5.41) is 10.8. The number of nitro benzene ring substituents is 1. The number of carbonyl (C=O) groups is 1. The fourth-order valence-corrected chi connectivity index (χ4v) is 3.01. The fraction of sp³-hybridized carbons (Fsp3) is 0.263. The van der Waals surface area contributed by atoms with Gasteiger partial charge in [-0.25, -0.2) is 4.98 Å². The zero-order valence-electron chi connectivity index (χ0n) is 14.8. The van der Waals surface area contributed by atoms with Gasteiger partial charge in [0.1, 0.15) is 5.82 Å². The summed E-state index contributed by atoms with van der Waals surface area (Å²) < 4.78 is 0. The summed E-state index contributed by atoms with van der Waals surface area (Å²) in [6.45, 7) is 1.18. The average molecular weight is 352 g/mol. The Morgan fingerprint density at radius 1 is 1.27 bits per heavy atom. The average Bonchev–Trinajstić information content (AvgIpc) is 2.74. The second kappa shape index (κ2) is 7.35. The number of carbonyl (C=O) groups excluding carboxylic acids is 1. The van der Waals surface area contributed by atoms with Crippen molar-refractivity contribution in [1.82, 2.24) is 9.88 Å². The van der Waals surface area contributed by atoms with Crippen LogP contribution in [0.4, 0.5) is 11.5 Å². The highest BCUT2D eigenvalue weighted by molar-refractivity contribution is 6.12. The number of pyridine rings is 1. The molecule has 0 amide bonds. The second-order valence-corrected chi connectivity index (χ2v) is 6.42. The molecule has 0 saturated heterocycles. The molecule has 0 aliphatic carbocycles. The summed E-state index contributed by atoms with van der Waals surface area (Å²) in [4.78, 5) is 31.6. The van der Waals surface area contributed by atoms with Crippen molar-refractivity contribution in [1.29, 1.82) is 0 Å². The van der Waals surface area contributed by atoms with Crippen LogP contribution in [0.1, 0.15) is 22.3 Å². The van der Waals surface area contributed by atoms with Gasteiger partial charge in [0.25, 0.3) is 5.69 Å². The molecule has 1 aromatic carbocycles. The lowest BCUT2D eigenvalue weighted by molar-refractivity contribution is -0.384. The van der Waals surface area contributed by atoms with Gasteiger partial charge >= 0.3 is 0 Å². The van der Waals surface area contributed by atoms with Gasteiger partial charge in [0.15, 0.2) is 5.78 Å². The van der Waals surface area contributed by atoms with Crippen molar-refractivity contribution in [3.05, 3.63) is 75.6 Å². The molecule has 0 atom stereocenters. The Kier molecular flexibility index (Phi) is 4.97. The molecule has 1 aliphatic heterocycles. The summed E-state index contributed by atoms with van der Waals surface area (Å²) >= 11 is 0. The third kappa shape index (κ3) is 3.72. The fourth-order valence-electron chi connectivity index (χ4n) is 3.01. The SMILES string of the molecule is CN(C)C=C1CCN(Cc2ccc([N+](=O)[O-])cc2)c2ncccc2C1=O. The van der Waals surface area contributed by atoms with E-state index in [2.05, 4.69) is 4.98 Å². The zero-order valence-corrected chi connectivity index (χ0v) is 14.8. The minimum Gasteiger partial charge on any atom is -0.383 e. The van der Waals surface area contributed by atoms with E-state index in [-0.39, 0.29) is 11.5 Å². The third-order valence-corrected chi connectivity index (χ3v) is 4.21. The van der Waals surface area contributed by atoms with Crippen LogP contribution in [0.3, 0.4) is 0 Å². The Bertz CT molecular complexity index is 859. The van der Waals surface area contributed by atoms with Crippen molar-refractivity contribution < 1.29 is 9.72 Å². The first kappa shape index (κ1) is 17.6. The first-order valence-electron chi connectivity index (χ1n) is 8.31. The summed E-state index contributed by atoms with van der Waals surface area (Å²) in [6.07, 6.45) is 4.14. The van der Waals surface area contributed by atoms with E-state index in [1.807, 2.05) is 30.1 Å². The molecule has 7 nitrogen and oxygen atoms in total. The lowest BCUT2D eigenvalue weighted by Crippen LogP contribution is -2.24. The van der Waals surface area contributed by atoms with Gasteiger partial charge in [-0.15, -0.1) is 0 Å². The van der Waals surface area contributed by atoms with Crippen LogP contribution in [-0.2, 0) is 6.54 Å². The second-order valence-electron chi connectivity index (χ2n) is 6.42. The van der Waals surface area contributed by atoms with Gasteiger partial charge in [-0.05, 0) is 24.1 Å². The predicted octanol–water partition coefficient (Wildman–Crippen LogP) is 3.03. The monoisotopic (exact) mass is 352 g/mol. The van der Waals surface area contributed by atoms with E-state index < -0.39 is 4.92 Å². The summed E-state index contributed by atoms with van der Waals surface area (Å²) in [6, 6.07) is 10.0. The molecule has 0 bridgehead atoms. The quantitative estimate of drug-likeness (QED) is 0.478. The first-order valence-corrected chi connectivity index (χ1v) is 8.31. The normalized spacial score (nSPS) is 15.5. The highest BCUT2D eigenvalue weighted by Crippen LogP contribution is 2.28. The van der Waals surface area contributed by atoms with Gasteiger partial charge in [-0.2, -0.15) is 0 Å². The predicted molar refractivity (Wildman–Crippen MR) is 99.1 cm³/mol. The Balaban J connectivity index is 1.92. The molecule has 0 spiro atoms. The number of nitro groups is 1. The van der Waals surface area contributed by atoms with Crippen molar-refractivity contribution in [2.24, 2.45) is 0 Å². The van der Waals surface area contributed by atoms with Crippen LogP contribution in [0, 0.1) is 10.1 Å². The van der Waals surface area contributed by atoms with E-state index in [1.54, 1.807) is 30.5 Å². The third-order valence-electron chi connectivity index (χ3n) is 4.21. The number of benzene rings is 1.